The molecule has 0 bridgehead atoms. The van der Waals surface area contributed by atoms with Crippen LogP contribution >= 0.6 is 0 Å². The maximum absolute atomic E-state index is 12.7. The molecule has 1 fully saturated rings. The average Bonchev–Trinajstić information content (AvgIpc) is 2.71. The van der Waals surface area contributed by atoms with Crippen LogP contribution in [0.1, 0.15) is 18.1 Å². The lowest BCUT2D eigenvalue weighted by Gasteiger charge is -2.37. The van der Waals surface area contributed by atoms with E-state index in [9.17, 15) is 9.59 Å². The van der Waals surface area contributed by atoms with Gasteiger partial charge in [-0.25, -0.2) is 0 Å². The fraction of sp³-hybridized carbons (Fsp3) is 0.391. The predicted octanol–water partition coefficient (Wildman–Crippen LogP) is 2.73. The molecule has 28 heavy (non-hydrogen) atoms. The smallest absolute Gasteiger partial charge is 0.242 e. The molecule has 0 radical (unpaired) electrons. The van der Waals surface area contributed by atoms with E-state index in [-0.39, 0.29) is 18.4 Å². The van der Waals surface area contributed by atoms with Crippen molar-refractivity contribution in [1.82, 2.24) is 9.80 Å². The van der Waals surface area contributed by atoms with E-state index < -0.39 is 0 Å². The molecular formula is C23H29N3O2. The Balaban J connectivity index is 1.51. The summed E-state index contributed by atoms with van der Waals surface area (Å²) in [6.07, 6.45) is 0.759. The van der Waals surface area contributed by atoms with Gasteiger partial charge in [-0.3, -0.25) is 9.59 Å². The second-order valence-corrected chi connectivity index (χ2v) is 7.38. The van der Waals surface area contributed by atoms with Gasteiger partial charge in [0.2, 0.25) is 11.8 Å². The highest BCUT2D eigenvalue weighted by atomic mass is 16.2. The predicted molar refractivity (Wildman–Crippen MR) is 112 cm³/mol. The van der Waals surface area contributed by atoms with Crippen molar-refractivity contribution in [2.75, 3.05) is 44.2 Å². The van der Waals surface area contributed by atoms with E-state index in [4.69, 9.17) is 0 Å². The summed E-state index contributed by atoms with van der Waals surface area (Å²) in [4.78, 5) is 30.6. The minimum Gasteiger partial charge on any atom is -0.368 e. The number of rotatable bonds is 6. The number of piperazine rings is 1. The van der Waals surface area contributed by atoms with Crippen LogP contribution in [0.4, 0.5) is 5.69 Å². The number of benzene rings is 2. The van der Waals surface area contributed by atoms with Crippen molar-refractivity contribution in [3.8, 4) is 0 Å². The van der Waals surface area contributed by atoms with Gasteiger partial charge in [-0.1, -0.05) is 42.5 Å². The van der Waals surface area contributed by atoms with Crippen LogP contribution in [0.25, 0.3) is 0 Å². The number of hydrogen-bond acceptors (Lipinski definition) is 3. The first-order chi connectivity index (χ1) is 13.5. The van der Waals surface area contributed by atoms with Crippen LogP contribution in [0.2, 0.25) is 0 Å². The summed E-state index contributed by atoms with van der Waals surface area (Å²) in [6.45, 7) is 7.37. The molecule has 1 aliphatic heterocycles. The van der Waals surface area contributed by atoms with Crippen molar-refractivity contribution >= 4 is 17.5 Å². The highest BCUT2D eigenvalue weighted by Crippen LogP contribution is 2.18. The monoisotopic (exact) mass is 379 g/mol. The van der Waals surface area contributed by atoms with Gasteiger partial charge in [0.1, 0.15) is 0 Å². The fourth-order valence-corrected chi connectivity index (χ4v) is 3.56. The standard InChI is InChI=1S/C23H29N3O2/c1-19-7-6-10-22(17-19)24-13-15-25(16-14-24)23(28)18-26(20(2)27)12-11-21-8-4-3-5-9-21/h3-10,17H,11-16,18H2,1-2H3. The molecule has 2 aromatic carbocycles. The van der Waals surface area contributed by atoms with Gasteiger partial charge in [0.25, 0.3) is 0 Å². The van der Waals surface area contributed by atoms with Crippen LogP contribution < -0.4 is 4.90 Å². The van der Waals surface area contributed by atoms with Crippen molar-refractivity contribution in [2.45, 2.75) is 20.3 Å². The maximum Gasteiger partial charge on any atom is 0.242 e. The Labute approximate surface area is 167 Å². The quantitative estimate of drug-likeness (QED) is 0.775. The van der Waals surface area contributed by atoms with E-state index in [1.165, 1.54) is 23.7 Å². The van der Waals surface area contributed by atoms with Gasteiger partial charge in [0.15, 0.2) is 0 Å². The molecule has 0 N–H and O–H groups in total. The Morgan fingerprint density at radius 1 is 0.964 bits per heavy atom. The van der Waals surface area contributed by atoms with Crippen LogP contribution in [-0.4, -0.2) is 60.9 Å². The van der Waals surface area contributed by atoms with Gasteiger partial charge in [-0.05, 0) is 36.6 Å². The lowest BCUT2D eigenvalue weighted by Crippen LogP contribution is -2.52. The number of aryl methyl sites for hydroxylation is 1. The first kappa shape index (κ1) is 19.9. The van der Waals surface area contributed by atoms with E-state index >= 15 is 0 Å². The van der Waals surface area contributed by atoms with Crippen LogP contribution in [0.5, 0.6) is 0 Å². The number of nitrogens with zero attached hydrogens (tertiary/aromatic N) is 3. The SMILES string of the molecule is CC(=O)N(CCc1ccccc1)CC(=O)N1CCN(c2cccc(C)c2)CC1. The summed E-state index contributed by atoms with van der Waals surface area (Å²) in [5, 5.41) is 0. The van der Waals surface area contributed by atoms with Gasteiger partial charge in [0, 0.05) is 45.3 Å². The zero-order chi connectivity index (χ0) is 19.9. The first-order valence-corrected chi connectivity index (χ1v) is 9.92. The molecule has 0 atom stereocenters. The molecule has 0 spiro atoms. The molecule has 148 valence electrons. The van der Waals surface area contributed by atoms with Crippen LogP contribution in [0.3, 0.4) is 0 Å². The molecule has 1 aliphatic rings. The van der Waals surface area contributed by atoms with Gasteiger partial charge in [-0.2, -0.15) is 0 Å². The van der Waals surface area contributed by atoms with E-state index in [0.29, 0.717) is 19.6 Å². The number of carbonyl (C=O) groups is 2. The molecule has 0 unspecified atom stereocenters. The van der Waals surface area contributed by atoms with Gasteiger partial charge in [0.05, 0.1) is 6.54 Å². The molecule has 0 aliphatic carbocycles. The molecule has 0 saturated carbocycles. The molecule has 2 amide bonds. The molecule has 5 nitrogen and oxygen atoms in total. The van der Waals surface area contributed by atoms with Crippen LogP contribution in [0, 0.1) is 6.92 Å². The fourth-order valence-electron chi connectivity index (χ4n) is 3.56. The zero-order valence-electron chi connectivity index (χ0n) is 16.8. The van der Waals surface area contributed by atoms with E-state index in [0.717, 1.165) is 19.5 Å². The minimum atomic E-state index is -0.0531. The lowest BCUT2D eigenvalue weighted by molar-refractivity contribution is -0.139. The third kappa shape index (κ3) is 5.35. The molecule has 3 rings (SSSR count). The van der Waals surface area contributed by atoms with Gasteiger partial charge in [-0.15, -0.1) is 0 Å². The highest BCUT2D eigenvalue weighted by molar-refractivity contribution is 5.84. The van der Waals surface area contributed by atoms with Crippen molar-refractivity contribution < 1.29 is 9.59 Å². The number of anilines is 1. The summed E-state index contributed by atoms with van der Waals surface area (Å²) in [5.41, 5.74) is 3.62. The summed E-state index contributed by atoms with van der Waals surface area (Å²) in [5.74, 6) is -0.0187. The lowest BCUT2D eigenvalue weighted by atomic mass is 10.1. The normalized spacial score (nSPS) is 14.1. The number of amides is 2. The first-order valence-electron chi connectivity index (χ1n) is 9.92. The average molecular weight is 380 g/mol. The minimum absolute atomic E-state index is 0.0344. The second kappa shape index (κ2) is 9.40. The largest absolute Gasteiger partial charge is 0.368 e. The molecule has 2 aromatic rings. The second-order valence-electron chi connectivity index (χ2n) is 7.38. The molecule has 1 saturated heterocycles. The molecule has 5 heteroatoms. The van der Waals surface area contributed by atoms with Crippen molar-refractivity contribution in [3.63, 3.8) is 0 Å². The summed E-state index contributed by atoms with van der Waals surface area (Å²) in [7, 11) is 0. The summed E-state index contributed by atoms with van der Waals surface area (Å²) >= 11 is 0. The topological polar surface area (TPSA) is 43.9 Å². The molecule has 0 aromatic heterocycles. The van der Waals surface area contributed by atoms with Crippen LogP contribution in [0.15, 0.2) is 54.6 Å². The van der Waals surface area contributed by atoms with Crippen LogP contribution in [-0.2, 0) is 16.0 Å². The third-order valence-corrected chi connectivity index (χ3v) is 5.28. The summed E-state index contributed by atoms with van der Waals surface area (Å²) in [6, 6.07) is 18.5. The van der Waals surface area contributed by atoms with Gasteiger partial charge >= 0.3 is 0 Å². The van der Waals surface area contributed by atoms with E-state index in [1.807, 2.05) is 35.2 Å². The Morgan fingerprint density at radius 3 is 2.32 bits per heavy atom. The van der Waals surface area contributed by atoms with E-state index in [2.05, 4.69) is 36.1 Å². The number of hydrogen-bond donors (Lipinski definition) is 0. The third-order valence-electron chi connectivity index (χ3n) is 5.28. The van der Waals surface area contributed by atoms with Gasteiger partial charge < -0.3 is 14.7 Å². The molecular weight excluding hydrogens is 350 g/mol. The zero-order valence-corrected chi connectivity index (χ0v) is 16.8. The molecule has 1 heterocycles. The van der Waals surface area contributed by atoms with Crippen molar-refractivity contribution in [3.05, 3.63) is 65.7 Å². The Hall–Kier alpha value is -2.82. The van der Waals surface area contributed by atoms with Crippen molar-refractivity contribution in [2.24, 2.45) is 0 Å². The van der Waals surface area contributed by atoms with Crippen molar-refractivity contribution in [1.29, 1.82) is 0 Å². The Bertz CT molecular complexity index is 799. The Kier molecular flexibility index (Phi) is 6.69. The summed E-state index contributed by atoms with van der Waals surface area (Å²) < 4.78 is 0. The number of carbonyl (C=O) groups excluding carboxylic acids is 2. The maximum atomic E-state index is 12.7. The van der Waals surface area contributed by atoms with E-state index in [1.54, 1.807) is 4.90 Å². The highest BCUT2D eigenvalue weighted by Gasteiger charge is 2.23. The Morgan fingerprint density at radius 2 is 1.68 bits per heavy atom.